The van der Waals surface area contributed by atoms with Gasteiger partial charge in [-0.15, -0.1) is 6.42 Å². The Hall–Kier alpha value is -4.95. The lowest BCUT2D eigenvalue weighted by molar-refractivity contribution is -0.197. The number of rotatable bonds is 5. The van der Waals surface area contributed by atoms with Crippen molar-refractivity contribution in [1.82, 2.24) is 24.8 Å². The molecule has 0 saturated carbocycles. The molecule has 1 amide bonds. The fraction of sp³-hybridized carbons (Fsp3) is 0.500. The average Bonchev–Trinajstić information content (AvgIpc) is 3.84. The summed E-state index contributed by atoms with van der Waals surface area (Å²) in [6.07, 6.45) is 8.67. The first-order valence-corrected chi connectivity index (χ1v) is 18.9. The SMILES string of the molecule is C#Cc1c(F)ccc2cc(O)cc(-c3ncc4c(N5CC6CCC(C5)N6C(=O)OC[C@@H]5C[C@H](O)C[C@H](O)O5)nc(OC)nc4c3F)c12.F[C@@H]1CC2CCCN2C1. The standard InChI is InChI=1S/C33H31F2N5O7.C7H12FN/c1-3-22-25(34)7-4-16-8-19(41)10-23(27(16)22)29-28(35)30-24(12-36-29)31(38-32(37-30)45-2)39-13-17-5-6-18(14-39)40(17)33(44)46-15-21-9-20(42)11-26(43)47-21;8-6-4-7-2-1-3-9(7)5-6/h1,4,7-8,10,12,17-18,20-21,26,41-43H,5-6,9,11,13-15H2,2H3;6-7H,1-5H2/t17?,18?,20-,21-,26+;6-,7?/m01/s1. The van der Waals surface area contributed by atoms with E-state index in [0.29, 0.717) is 55.1 Å². The van der Waals surface area contributed by atoms with Gasteiger partial charge < -0.3 is 34.4 Å². The minimum absolute atomic E-state index is 0.0897. The summed E-state index contributed by atoms with van der Waals surface area (Å²) in [5, 5.41) is 31.0. The molecule has 5 aliphatic heterocycles. The third-order valence-electron chi connectivity index (χ3n) is 11.5. The van der Waals surface area contributed by atoms with Crippen LogP contribution in [-0.2, 0) is 9.47 Å². The van der Waals surface area contributed by atoms with Crippen LogP contribution < -0.4 is 9.64 Å². The number of nitrogens with zero attached hydrogens (tertiary/aromatic N) is 6. The van der Waals surface area contributed by atoms with Gasteiger partial charge >= 0.3 is 12.1 Å². The number of aromatic hydroxyl groups is 1. The van der Waals surface area contributed by atoms with Crippen LogP contribution in [0.4, 0.5) is 23.8 Å². The number of carbonyl (C=O) groups is 1. The van der Waals surface area contributed by atoms with Crippen molar-refractivity contribution >= 4 is 33.6 Å². The van der Waals surface area contributed by atoms with E-state index in [1.165, 1.54) is 50.4 Å². The quantitative estimate of drug-likeness (QED) is 0.242. The second-order valence-corrected chi connectivity index (χ2v) is 15.1. The highest BCUT2D eigenvalue weighted by Gasteiger charge is 2.45. The Balaban J connectivity index is 0.000000427. The number of aliphatic hydroxyl groups is 2. The van der Waals surface area contributed by atoms with E-state index in [4.69, 9.17) is 20.6 Å². The number of anilines is 1. The number of terminal acetylenes is 1. The van der Waals surface area contributed by atoms with Crippen LogP contribution in [0.3, 0.4) is 0 Å². The van der Waals surface area contributed by atoms with E-state index in [-0.39, 0.29) is 71.0 Å². The van der Waals surface area contributed by atoms with Gasteiger partial charge in [0.05, 0.1) is 42.4 Å². The van der Waals surface area contributed by atoms with Crippen molar-refractivity contribution in [2.24, 2.45) is 0 Å². The van der Waals surface area contributed by atoms with Gasteiger partial charge in [0.25, 0.3) is 0 Å². The smallest absolute Gasteiger partial charge is 0.410 e. The lowest BCUT2D eigenvalue weighted by Crippen LogP contribution is -2.56. The number of phenols is 1. The third kappa shape index (κ3) is 7.24. The van der Waals surface area contributed by atoms with Crippen molar-refractivity contribution in [3.63, 3.8) is 0 Å². The number of amides is 1. The first-order chi connectivity index (χ1) is 27.0. The Bertz CT molecular complexity index is 2150. The molecule has 3 unspecified atom stereocenters. The number of benzene rings is 2. The summed E-state index contributed by atoms with van der Waals surface area (Å²) < 4.78 is 60.1. The minimum Gasteiger partial charge on any atom is -0.508 e. The van der Waals surface area contributed by atoms with Crippen LogP contribution in [0.25, 0.3) is 32.9 Å². The number of alkyl halides is 1. The highest BCUT2D eigenvalue weighted by atomic mass is 19.1. The molecule has 5 aliphatic rings. The van der Waals surface area contributed by atoms with Gasteiger partial charge in [0.1, 0.15) is 41.4 Å². The van der Waals surface area contributed by atoms with Gasteiger partial charge in [-0.25, -0.2) is 18.0 Å². The van der Waals surface area contributed by atoms with Crippen LogP contribution in [0.15, 0.2) is 30.5 Å². The van der Waals surface area contributed by atoms with E-state index in [9.17, 15) is 28.9 Å². The Morgan fingerprint density at radius 3 is 2.55 bits per heavy atom. The molecule has 2 aromatic carbocycles. The largest absolute Gasteiger partial charge is 0.508 e. The summed E-state index contributed by atoms with van der Waals surface area (Å²) in [5.74, 6) is 1.00. The first-order valence-electron chi connectivity index (χ1n) is 18.9. The number of carbonyl (C=O) groups excluding carboxylic acids is 1. The van der Waals surface area contributed by atoms with Crippen molar-refractivity contribution in [1.29, 1.82) is 0 Å². The first kappa shape index (κ1) is 37.9. The number of hydrogen-bond donors (Lipinski definition) is 3. The topological polar surface area (TPSA) is 154 Å². The molecule has 296 valence electrons. The minimum atomic E-state index is -1.11. The Morgan fingerprint density at radius 2 is 1.84 bits per heavy atom. The molecular weight excluding hydrogens is 733 g/mol. The molecule has 16 heteroatoms. The monoisotopic (exact) mass is 776 g/mol. The molecule has 4 aromatic rings. The van der Waals surface area contributed by atoms with Crippen molar-refractivity contribution < 1.29 is 47.5 Å². The number of ether oxygens (including phenoxy) is 3. The number of hydrogen-bond acceptors (Lipinski definition) is 12. The molecule has 7 atom stereocenters. The summed E-state index contributed by atoms with van der Waals surface area (Å²) in [7, 11) is 1.36. The third-order valence-corrected chi connectivity index (χ3v) is 11.5. The van der Waals surface area contributed by atoms with Gasteiger partial charge in [0, 0.05) is 55.7 Å². The molecule has 5 fully saturated rings. The summed E-state index contributed by atoms with van der Waals surface area (Å²) in [6, 6.07) is 5.37. The number of aliphatic hydroxyl groups excluding tert-OH is 2. The summed E-state index contributed by atoms with van der Waals surface area (Å²) in [5.41, 5.74) is -0.285. The van der Waals surface area contributed by atoms with E-state index in [1.54, 1.807) is 4.90 Å². The second-order valence-electron chi connectivity index (χ2n) is 15.1. The van der Waals surface area contributed by atoms with E-state index in [2.05, 4.69) is 25.8 Å². The van der Waals surface area contributed by atoms with Gasteiger partial charge in [-0.1, -0.05) is 12.0 Å². The zero-order valence-corrected chi connectivity index (χ0v) is 30.8. The number of phenolic OH excluding ortho intramolecular Hbond substituents is 1. The van der Waals surface area contributed by atoms with Crippen LogP contribution in [0.5, 0.6) is 11.8 Å². The number of aromatic nitrogens is 3. The van der Waals surface area contributed by atoms with Gasteiger partial charge in [-0.05, 0) is 62.2 Å². The van der Waals surface area contributed by atoms with Crippen molar-refractivity contribution in [3.8, 4) is 35.4 Å². The molecule has 56 heavy (non-hydrogen) atoms. The van der Waals surface area contributed by atoms with Crippen LogP contribution in [-0.4, -0.2) is 129 Å². The van der Waals surface area contributed by atoms with Crippen molar-refractivity contribution in [3.05, 3.63) is 47.7 Å². The predicted octanol–water partition coefficient (Wildman–Crippen LogP) is 4.66. The molecule has 9 rings (SSSR count). The van der Waals surface area contributed by atoms with E-state index in [1.807, 2.05) is 4.90 Å². The lowest BCUT2D eigenvalue weighted by atomic mass is 9.96. The zero-order valence-electron chi connectivity index (χ0n) is 30.8. The number of pyridine rings is 1. The Kier molecular flexibility index (Phi) is 10.5. The maximum absolute atomic E-state index is 16.5. The van der Waals surface area contributed by atoms with Crippen molar-refractivity contribution in [2.45, 2.75) is 87.7 Å². The highest BCUT2D eigenvalue weighted by molar-refractivity contribution is 6.03. The second kappa shape index (κ2) is 15.5. The number of methoxy groups -OCH3 is 1. The normalized spacial score (nSPS) is 27.2. The molecular formula is C40H43F3N6O7. The predicted molar refractivity (Wildman–Crippen MR) is 199 cm³/mol. The van der Waals surface area contributed by atoms with Crippen molar-refractivity contribution in [2.75, 3.05) is 44.8 Å². The average molecular weight is 777 g/mol. The molecule has 0 spiro atoms. The zero-order chi connectivity index (χ0) is 39.2. The summed E-state index contributed by atoms with van der Waals surface area (Å²) >= 11 is 0. The summed E-state index contributed by atoms with van der Waals surface area (Å²) in [6.45, 7) is 2.49. The van der Waals surface area contributed by atoms with Crippen LogP contribution in [0.1, 0.15) is 50.5 Å². The fourth-order valence-electron chi connectivity index (χ4n) is 9.01. The van der Waals surface area contributed by atoms with Crippen LogP contribution >= 0.6 is 0 Å². The summed E-state index contributed by atoms with van der Waals surface area (Å²) in [4.78, 5) is 32.3. The molecule has 0 aliphatic carbocycles. The maximum atomic E-state index is 16.5. The number of halogens is 3. The van der Waals surface area contributed by atoms with E-state index >= 15 is 4.39 Å². The van der Waals surface area contributed by atoms with Crippen LogP contribution in [0.2, 0.25) is 0 Å². The molecule has 13 nitrogen and oxygen atoms in total. The number of piperazine rings is 1. The molecule has 2 aromatic heterocycles. The Morgan fingerprint density at radius 1 is 1.05 bits per heavy atom. The van der Waals surface area contributed by atoms with Gasteiger partial charge in [-0.2, -0.15) is 9.97 Å². The molecule has 7 heterocycles. The maximum Gasteiger partial charge on any atom is 0.410 e. The van der Waals surface area contributed by atoms with E-state index in [0.717, 1.165) is 13.0 Å². The van der Waals surface area contributed by atoms with Gasteiger partial charge in [0.2, 0.25) is 0 Å². The number of fused-ring (bicyclic) bond motifs is 5. The molecule has 2 bridgehead atoms. The van der Waals surface area contributed by atoms with E-state index < -0.39 is 42.4 Å². The highest BCUT2D eigenvalue weighted by Crippen LogP contribution is 2.40. The lowest BCUT2D eigenvalue weighted by Gasteiger charge is -2.41. The molecule has 5 saturated heterocycles. The molecule has 0 radical (unpaired) electrons. The van der Waals surface area contributed by atoms with Gasteiger partial charge in [-0.3, -0.25) is 14.8 Å². The van der Waals surface area contributed by atoms with Gasteiger partial charge in [0.15, 0.2) is 12.1 Å². The Labute approximate surface area is 321 Å². The fourth-order valence-corrected chi connectivity index (χ4v) is 9.01. The molecule has 3 N–H and O–H groups in total. The van der Waals surface area contributed by atoms with Crippen LogP contribution in [0, 0.1) is 24.0 Å².